The Bertz CT molecular complexity index is 98.6. The summed E-state index contributed by atoms with van der Waals surface area (Å²) in [5.74, 6) is -0.120. The molecule has 0 radical (unpaired) electrons. The van der Waals surface area contributed by atoms with Gasteiger partial charge in [0.1, 0.15) is 0 Å². The van der Waals surface area contributed by atoms with Crippen LogP contribution >= 0.6 is 0 Å². The number of amides is 1. The van der Waals surface area contributed by atoms with Crippen LogP contribution in [0.4, 0.5) is 0 Å². The van der Waals surface area contributed by atoms with Crippen molar-refractivity contribution in [1.29, 1.82) is 0 Å². The molecule has 0 heterocycles. The van der Waals surface area contributed by atoms with Crippen molar-refractivity contribution < 1.29 is 9.26 Å². The van der Waals surface area contributed by atoms with Gasteiger partial charge in [-0.1, -0.05) is 0 Å². The van der Waals surface area contributed by atoms with Gasteiger partial charge in [0.05, 0.1) is 6.17 Å². The van der Waals surface area contributed by atoms with E-state index in [1.807, 2.05) is 0 Å². The highest BCUT2D eigenvalue weighted by Crippen LogP contribution is 1.62. The van der Waals surface area contributed by atoms with Crippen molar-refractivity contribution in [3.05, 3.63) is 0 Å². The minimum atomic E-state index is -1.51. The fourth-order valence-electron chi connectivity index (χ4n) is 0.249. The lowest BCUT2D eigenvalue weighted by Gasteiger charge is -1.92. The number of rotatable bonds is 2. The Balaban J connectivity index is 3.18. The zero-order valence-electron chi connectivity index (χ0n) is 5.02. The Morgan fingerprint density at radius 2 is 2.25 bits per heavy atom. The topological polar surface area (TPSA) is 46.2 Å². The molecule has 1 amide bonds. The summed E-state index contributed by atoms with van der Waals surface area (Å²) < 4.78 is 10.3. The van der Waals surface area contributed by atoms with Crippen LogP contribution in [0.15, 0.2) is 0 Å². The van der Waals surface area contributed by atoms with Crippen LogP contribution in [-0.2, 0) is 9.26 Å². The molecule has 1 N–H and O–H groups in total. The van der Waals surface area contributed by atoms with Crippen LogP contribution < -0.4 is 5.32 Å². The molecule has 0 aromatic rings. The van der Waals surface area contributed by atoms with E-state index in [4.69, 9.17) is 0 Å². The summed E-state index contributed by atoms with van der Waals surface area (Å²) in [4.78, 5) is 10.1. The first-order valence-electron chi connectivity index (χ1n) is 2.37. The summed E-state index contributed by atoms with van der Waals surface area (Å²) in [6.45, 7) is 3.02. The van der Waals surface area contributed by atoms with Crippen molar-refractivity contribution in [3.63, 3.8) is 0 Å². The average molecular weight is 131 g/mol. The van der Waals surface area contributed by atoms with Crippen LogP contribution in [0.25, 0.3) is 0 Å². The normalized spacial score (nSPS) is 8.25. The number of carbonyl (C=O) groups is 1. The maximum Gasteiger partial charge on any atom is 0.293 e. The van der Waals surface area contributed by atoms with Crippen molar-refractivity contribution >= 4 is 14.6 Å². The second-order valence-corrected chi connectivity index (χ2v) is 3.37. The van der Waals surface area contributed by atoms with E-state index in [0.717, 1.165) is 0 Å². The van der Waals surface area contributed by atoms with Crippen molar-refractivity contribution in [2.45, 2.75) is 13.5 Å². The monoisotopic (exact) mass is 131 g/mol. The summed E-state index contributed by atoms with van der Waals surface area (Å²) in [7, 11) is -1.51. The van der Waals surface area contributed by atoms with E-state index in [0.29, 0.717) is 6.17 Å². The molecule has 0 rings (SSSR count). The van der Waals surface area contributed by atoms with Gasteiger partial charge in [0.25, 0.3) is 8.68 Å². The summed E-state index contributed by atoms with van der Waals surface area (Å²) in [6.07, 6.45) is 0.333. The van der Waals surface area contributed by atoms with Crippen LogP contribution in [0.3, 0.4) is 0 Å². The zero-order chi connectivity index (χ0) is 6.57. The highest BCUT2D eigenvalue weighted by Gasteiger charge is 1.94. The molecule has 0 unspecified atom stereocenters. The molecule has 0 fully saturated rings. The number of hydrogen-bond acceptors (Lipinski definition) is 2. The Hall–Kier alpha value is -0.513. The van der Waals surface area contributed by atoms with Gasteiger partial charge in [-0.2, -0.15) is 0 Å². The minimum absolute atomic E-state index is 0.120. The summed E-state index contributed by atoms with van der Waals surface area (Å²) in [6, 6.07) is 0. The Kier molecular flexibility index (Phi) is 3.26. The molecule has 0 aromatic carbocycles. The van der Waals surface area contributed by atoms with Crippen molar-refractivity contribution in [1.82, 2.24) is 5.32 Å². The molecule has 0 aliphatic rings. The van der Waals surface area contributed by atoms with Gasteiger partial charge < -0.3 is 9.78 Å². The third-order valence-electron chi connectivity index (χ3n) is 0.586. The van der Waals surface area contributed by atoms with Gasteiger partial charge in [-0.05, 0) is 6.55 Å². The molecule has 0 saturated heterocycles. The first-order chi connectivity index (χ1) is 3.63. The maximum absolute atomic E-state index is 10.3. The van der Waals surface area contributed by atoms with E-state index < -0.39 is 8.68 Å². The molecule has 4 heteroatoms. The maximum atomic E-state index is 10.3. The second kappa shape index (κ2) is 3.48. The molecule has 0 aromatic heterocycles. The zero-order valence-corrected chi connectivity index (χ0v) is 6.02. The molecule has 3 nitrogen and oxygen atoms in total. The highest BCUT2D eigenvalue weighted by atomic mass is 28.3. The van der Waals surface area contributed by atoms with E-state index >= 15 is 0 Å². The predicted molar refractivity (Wildman–Crippen MR) is 31.0 cm³/mol. The Labute approximate surface area is 49.7 Å². The number of hydrogen-bond donors (Lipinski definition) is 1. The molecule has 0 aliphatic carbocycles. The SMILES string of the molecule is CC(=O)NC[Si](C)=O. The molecular weight excluding hydrogens is 122 g/mol. The number of nitrogens with one attached hydrogen (secondary N) is 1. The largest absolute Gasteiger partial charge is 0.387 e. The summed E-state index contributed by atoms with van der Waals surface area (Å²) >= 11 is 0. The van der Waals surface area contributed by atoms with Gasteiger partial charge in [0, 0.05) is 6.92 Å². The van der Waals surface area contributed by atoms with Gasteiger partial charge in [-0.3, -0.25) is 4.79 Å². The van der Waals surface area contributed by atoms with Crippen LogP contribution in [0.5, 0.6) is 0 Å². The van der Waals surface area contributed by atoms with Crippen LogP contribution in [0, 0.1) is 0 Å². The molecule has 0 atom stereocenters. The lowest BCUT2D eigenvalue weighted by Crippen LogP contribution is -2.26. The summed E-state index contributed by atoms with van der Waals surface area (Å²) in [5, 5.41) is 2.44. The third kappa shape index (κ3) is 5.49. The van der Waals surface area contributed by atoms with Crippen LogP contribution in [0.1, 0.15) is 6.92 Å². The van der Waals surface area contributed by atoms with E-state index in [1.165, 1.54) is 6.92 Å². The Morgan fingerprint density at radius 1 is 1.75 bits per heavy atom. The molecule has 0 spiro atoms. The standard InChI is InChI=1S/C4H9NO2Si/c1-4(6)5-3-8(2)7/h3H2,1-2H3,(H,5,6). The average Bonchev–Trinajstić information content (AvgIpc) is 1.61. The van der Waals surface area contributed by atoms with Crippen molar-refractivity contribution in [3.8, 4) is 0 Å². The van der Waals surface area contributed by atoms with E-state index in [9.17, 15) is 9.26 Å². The summed E-state index contributed by atoms with van der Waals surface area (Å²) in [5.41, 5.74) is 0. The minimum Gasteiger partial charge on any atom is -0.387 e. The molecule has 8 heavy (non-hydrogen) atoms. The van der Waals surface area contributed by atoms with Crippen molar-refractivity contribution in [2.24, 2.45) is 0 Å². The van der Waals surface area contributed by atoms with Gasteiger partial charge in [0.15, 0.2) is 0 Å². The molecule has 46 valence electrons. The number of carbonyl (C=O) groups excluding carboxylic acids is 1. The van der Waals surface area contributed by atoms with Gasteiger partial charge in [-0.25, -0.2) is 0 Å². The van der Waals surface area contributed by atoms with E-state index in [2.05, 4.69) is 5.32 Å². The molecule has 0 aliphatic heterocycles. The first kappa shape index (κ1) is 7.49. The van der Waals surface area contributed by atoms with E-state index in [1.54, 1.807) is 6.55 Å². The quantitative estimate of drug-likeness (QED) is 0.524. The molecular formula is C4H9NO2Si. The fraction of sp³-hybridized carbons (Fsp3) is 0.750. The van der Waals surface area contributed by atoms with Gasteiger partial charge in [0.2, 0.25) is 5.91 Å². The predicted octanol–water partition coefficient (Wildman–Crippen LogP) is -0.286. The van der Waals surface area contributed by atoms with Crippen molar-refractivity contribution in [2.75, 3.05) is 6.17 Å². The van der Waals surface area contributed by atoms with Crippen LogP contribution in [0.2, 0.25) is 6.55 Å². The lowest BCUT2D eigenvalue weighted by atomic mass is 10.7. The second-order valence-electron chi connectivity index (χ2n) is 1.61. The van der Waals surface area contributed by atoms with Crippen LogP contribution in [-0.4, -0.2) is 20.8 Å². The highest BCUT2D eigenvalue weighted by molar-refractivity contribution is 6.41. The first-order valence-corrected chi connectivity index (χ1v) is 4.48. The fourth-order valence-corrected chi connectivity index (χ4v) is 0.747. The van der Waals surface area contributed by atoms with E-state index in [-0.39, 0.29) is 5.91 Å². The smallest absolute Gasteiger partial charge is 0.293 e. The lowest BCUT2D eigenvalue weighted by molar-refractivity contribution is -0.118. The van der Waals surface area contributed by atoms with Gasteiger partial charge in [-0.15, -0.1) is 0 Å². The Morgan fingerprint density at radius 3 is 2.38 bits per heavy atom. The molecule has 0 bridgehead atoms. The molecule has 0 saturated carbocycles. The van der Waals surface area contributed by atoms with Gasteiger partial charge >= 0.3 is 0 Å². The third-order valence-corrected chi connectivity index (χ3v) is 1.26.